The standard InChI is InChI=1S/C16H24N2O4S/c1-4-12-10(2)23-15(14(12)16(21)22)18-13(20)8-6-5-7-9-17-11(3)19/h4-9H2,1-3H3,(H,17,19)(H,18,20)(H,21,22). The van der Waals surface area contributed by atoms with Gasteiger partial charge in [0, 0.05) is 24.8 Å². The Morgan fingerprint density at radius 2 is 1.87 bits per heavy atom. The molecule has 0 aliphatic carbocycles. The van der Waals surface area contributed by atoms with Gasteiger partial charge in [0.15, 0.2) is 0 Å². The number of hydrogen-bond donors (Lipinski definition) is 3. The molecule has 0 bridgehead atoms. The number of hydrogen-bond acceptors (Lipinski definition) is 4. The lowest BCUT2D eigenvalue weighted by Gasteiger charge is -2.05. The van der Waals surface area contributed by atoms with Gasteiger partial charge in [-0.25, -0.2) is 4.79 Å². The third-order valence-corrected chi connectivity index (χ3v) is 4.55. The van der Waals surface area contributed by atoms with Gasteiger partial charge in [-0.05, 0) is 31.7 Å². The van der Waals surface area contributed by atoms with Gasteiger partial charge in [0.2, 0.25) is 11.8 Å². The quantitative estimate of drug-likeness (QED) is 0.602. The van der Waals surface area contributed by atoms with Crippen LogP contribution in [0, 0.1) is 6.92 Å². The van der Waals surface area contributed by atoms with Crippen molar-refractivity contribution in [2.24, 2.45) is 0 Å². The van der Waals surface area contributed by atoms with Gasteiger partial charge in [-0.15, -0.1) is 11.3 Å². The minimum Gasteiger partial charge on any atom is -0.478 e. The van der Waals surface area contributed by atoms with Crippen LogP contribution in [0.3, 0.4) is 0 Å². The van der Waals surface area contributed by atoms with Crippen molar-refractivity contribution >= 4 is 34.1 Å². The Morgan fingerprint density at radius 3 is 2.43 bits per heavy atom. The van der Waals surface area contributed by atoms with E-state index in [1.165, 1.54) is 18.3 Å². The summed E-state index contributed by atoms with van der Waals surface area (Å²) in [6.07, 6.45) is 3.34. The maximum absolute atomic E-state index is 12.0. The minimum atomic E-state index is -1.00. The Morgan fingerprint density at radius 1 is 1.17 bits per heavy atom. The normalized spacial score (nSPS) is 10.4. The minimum absolute atomic E-state index is 0.0521. The van der Waals surface area contributed by atoms with Crippen LogP contribution in [0.25, 0.3) is 0 Å². The van der Waals surface area contributed by atoms with Crippen molar-refractivity contribution in [2.45, 2.75) is 52.9 Å². The second kappa shape index (κ2) is 9.29. The summed E-state index contributed by atoms with van der Waals surface area (Å²) in [4.78, 5) is 35.0. The van der Waals surface area contributed by atoms with Gasteiger partial charge in [-0.3, -0.25) is 9.59 Å². The molecule has 23 heavy (non-hydrogen) atoms. The van der Waals surface area contributed by atoms with Crippen LogP contribution in [-0.2, 0) is 16.0 Å². The van der Waals surface area contributed by atoms with E-state index < -0.39 is 5.97 Å². The van der Waals surface area contributed by atoms with Crippen LogP contribution >= 0.6 is 11.3 Å². The molecule has 0 aliphatic heterocycles. The van der Waals surface area contributed by atoms with Crippen LogP contribution in [0.5, 0.6) is 0 Å². The molecule has 0 fully saturated rings. The Bertz CT molecular complexity index is 581. The molecule has 7 heteroatoms. The van der Waals surface area contributed by atoms with Crippen LogP contribution in [0.15, 0.2) is 0 Å². The van der Waals surface area contributed by atoms with Crippen molar-refractivity contribution in [3.8, 4) is 0 Å². The molecule has 6 nitrogen and oxygen atoms in total. The first-order valence-electron chi connectivity index (χ1n) is 7.76. The fraction of sp³-hybridized carbons (Fsp3) is 0.562. The lowest BCUT2D eigenvalue weighted by Crippen LogP contribution is -2.20. The lowest BCUT2D eigenvalue weighted by atomic mass is 10.1. The SMILES string of the molecule is CCc1c(C)sc(NC(=O)CCCCCNC(C)=O)c1C(=O)O. The third-order valence-electron chi connectivity index (χ3n) is 3.48. The number of carbonyl (C=O) groups is 3. The van der Waals surface area contributed by atoms with Crippen LogP contribution in [0.1, 0.15) is 60.3 Å². The van der Waals surface area contributed by atoms with Crippen molar-refractivity contribution in [1.82, 2.24) is 5.32 Å². The van der Waals surface area contributed by atoms with Gasteiger partial charge in [0.1, 0.15) is 5.00 Å². The molecule has 3 N–H and O–H groups in total. The lowest BCUT2D eigenvalue weighted by molar-refractivity contribution is -0.119. The number of rotatable bonds is 9. The van der Waals surface area contributed by atoms with Crippen molar-refractivity contribution < 1.29 is 19.5 Å². The zero-order valence-corrected chi connectivity index (χ0v) is 14.6. The number of carboxylic acids is 1. The largest absolute Gasteiger partial charge is 0.478 e. The molecule has 0 spiro atoms. The van der Waals surface area contributed by atoms with E-state index >= 15 is 0 Å². The number of amides is 2. The van der Waals surface area contributed by atoms with Crippen LogP contribution in [-0.4, -0.2) is 29.4 Å². The van der Waals surface area contributed by atoms with Gasteiger partial charge < -0.3 is 15.7 Å². The number of carboxylic acid groups (broad SMARTS) is 1. The molecule has 0 aromatic carbocycles. The highest BCUT2D eigenvalue weighted by atomic mass is 32.1. The Kier molecular flexibility index (Phi) is 7.74. The number of nitrogens with one attached hydrogen (secondary N) is 2. The van der Waals surface area contributed by atoms with Crippen molar-refractivity contribution in [2.75, 3.05) is 11.9 Å². The molecule has 1 aromatic rings. The molecule has 0 aliphatic rings. The van der Waals surface area contributed by atoms with Gasteiger partial charge in [-0.1, -0.05) is 13.3 Å². The first-order chi connectivity index (χ1) is 10.9. The smallest absolute Gasteiger partial charge is 0.339 e. The number of carbonyl (C=O) groups excluding carboxylic acids is 2. The van der Waals surface area contributed by atoms with E-state index in [0.717, 1.165) is 23.3 Å². The van der Waals surface area contributed by atoms with Gasteiger partial charge in [-0.2, -0.15) is 0 Å². The van der Waals surface area contributed by atoms with E-state index in [0.29, 0.717) is 30.8 Å². The van der Waals surface area contributed by atoms with Crippen LogP contribution < -0.4 is 10.6 Å². The fourth-order valence-corrected chi connectivity index (χ4v) is 3.51. The summed E-state index contributed by atoms with van der Waals surface area (Å²) in [6, 6.07) is 0. The highest BCUT2D eigenvalue weighted by molar-refractivity contribution is 7.16. The van der Waals surface area contributed by atoms with Crippen LogP contribution in [0.4, 0.5) is 5.00 Å². The molecule has 0 unspecified atom stereocenters. The molecular formula is C16H24N2O4S. The average Bonchev–Trinajstić information content (AvgIpc) is 2.77. The number of thiophene rings is 1. The average molecular weight is 340 g/mol. The van der Waals surface area contributed by atoms with Crippen molar-refractivity contribution in [1.29, 1.82) is 0 Å². The summed E-state index contributed by atoms with van der Waals surface area (Å²) in [5.41, 5.74) is 1.00. The summed E-state index contributed by atoms with van der Waals surface area (Å²) in [5.74, 6) is -1.23. The highest BCUT2D eigenvalue weighted by Crippen LogP contribution is 2.33. The molecule has 2 amide bonds. The molecule has 128 valence electrons. The molecule has 1 aromatic heterocycles. The Balaban J connectivity index is 2.49. The van der Waals surface area contributed by atoms with E-state index in [4.69, 9.17) is 0 Å². The summed E-state index contributed by atoms with van der Waals surface area (Å²) in [5, 5.41) is 15.2. The topological polar surface area (TPSA) is 95.5 Å². The first-order valence-corrected chi connectivity index (χ1v) is 8.58. The molecule has 0 saturated carbocycles. The Hall–Kier alpha value is -1.89. The second-order valence-electron chi connectivity index (χ2n) is 5.34. The summed E-state index contributed by atoms with van der Waals surface area (Å²) >= 11 is 1.31. The first kappa shape index (κ1) is 19.2. The second-order valence-corrected chi connectivity index (χ2v) is 6.57. The molecule has 0 atom stereocenters. The van der Waals surface area contributed by atoms with Crippen molar-refractivity contribution in [3.63, 3.8) is 0 Å². The van der Waals surface area contributed by atoms with Crippen LogP contribution in [0.2, 0.25) is 0 Å². The molecule has 0 radical (unpaired) electrons. The van der Waals surface area contributed by atoms with Gasteiger partial charge in [0.25, 0.3) is 0 Å². The predicted molar refractivity (Wildman–Crippen MR) is 91.2 cm³/mol. The zero-order chi connectivity index (χ0) is 17.4. The number of aromatic carboxylic acids is 1. The van der Waals surface area contributed by atoms with E-state index in [1.54, 1.807) is 0 Å². The van der Waals surface area contributed by atoms with E-state index in [-0.39, 0.29) is 17.4 Å². The number of unbranched alkanes of at least 4 members (excludes halogenated alkanes) is 2. The van der Waals surface area contributed by atoms with E-state index in [1.807, 2.05) is 13.8 Å². The molecule has 1 rings (SSSR count). The summed E-state index contributed by atoms with van der Waals surface area (Å²) in [6.45, 7) is 5.86. The summed E-state index contributed by atoms with van der Waals surface area (Å²) < 4.78 is 0. The summed E-state index contributed by atoms with van der Waals surface area (Å²) in [7, 11) is 0. The number of aryl methyl sites for hydroxylation is 1. The molecular weight excluding hydrogens is 316 g/mol. The number of anilines is 1. The van der Waals surface area contributed by atoms with E-state index in [2.05, 4.69) is 10.6 Å². The van der Waals surface area contributed by atoms with Crippen molar-refractivity contribution in [3.05, 3.63) is 16.0 Å². The van der Waals surface area contributed by atoms with E-state index in [9.17, 15) is 19.5 Å². The maximum atomic E-state index is 12.0. The molecule has 0 saturated heterocycles. The van der Waals surface area contributed by atoms with Gasteiger partial charge in [0.05, 0.1) is 5.56 Å². The maximum Gasteiger partial charge on any atom is 0.339 e. The highest BCUT2D eigenvalue weighted by Gasteiger charge is 2.21. The zero-order valence-electron chi connectivity index (χ0n) is 13.8. The monoisotopic (exact) mass is 340 g/mol. The van der Waals surface area contributed by atoms with Gasteiger partial charge >= 0.3 is 5.97 Å². The Labute approximate surface area is 140 Å². The predicted octanol–water partition coefficient (Wildman–Crippen LogP) is 2.95. The fourth-order valence-electron chi connectivity index (χ4n) is 2.36. The third kappa shape index (κ3) is 6.02. The molecule has 1 heterocycles.